The molecule has 0 spiro atoms. The summed E-state index contributed by atoms with van der Waals surface area (Å²) in [4.78, 5) is 34.9. The standard InChI is InChI=1S/C16H16N6O2/c1-9-7-12(16(24)19-10(9)2)15(23)18-8-13-20-14(22-21-13)11-3-5-17-6-4-11/h3-7H,8H2,1-2H3,(H,18,23)(H,19,24)(H,20,21,22). The fourth-order valence-electron chi connectivity index (χ4n) is 2.16. The minimum Gasteiger partial charge on any atom is -0.345 e. The number of aryl methyl sites for hydroxylation is 2. The monoisotopic (exact) mass is 324 g/mol. The van der Waals surface area contributed by atoms with Crippen LogP contribution in [0.15, 0.2) is 35.4 Å². The molecular formula is C16H16N6O2. The summed E-state index contributed by atoms with van der Waals surface area (Å²) < 4.78 is 0. The zero-order valence-electron chi connectivity index (χ0n) is 13.3. The molecular weight excluding hydrogens is 308 g/mol. The second-order valence-electron chi connectivity index (χ2n) is 5.34. The van der Waals surface area contributed by atoms with Gasteiger partial charge in [-0.15, -0.1) is 0 Å². The van der Waals surface area contributed by atoms with Gasteiger partial charge in [0.25, 0.3) is 11.5 Å². The van der Waals surface area contributed by atoms with Crippen molar-refractivity contribution in [2.24, 2.45) is 0 Å². The van der Waals surface area contributed by atoms with Gasteiger partial charge in [0.1, 0.15) is 11.4 Å². The Labute approximate surface area is 137 Å². The fourth-order valence-corrected chi connectivity index (χ4v) is 2.16. The first-order chi connectivity index (χ1) is 11.5. The third-order valence-electron chi connectivity index (χ3n) is 3.63. The molecule has 24 heavy (non-hydrogen) atoms. The van der Waals surface area contributed by atoms with Crippen LogP contribution >= 0.6 is 0 Å². The molecule has 0 aliphatic carbocycles. The lowest BCUT2D eigenvalue weighted by molar-refractivity contribution is 0.0948. The molecule has 0 unspecified atom stereocenters. The maximum absolute atomic E-state index is 12.2. The minimum absolute atomic E-state index is 0.0759. The number of H-pyrrole nitrogens is 2. The van der Waals surface area contributed by atoms with Gasteiger partial charge in [0, 0.05) is 23.7 Å². The predicted molar refractivity (Wildman–Crippen MR) is 87.3 cm³/mol. The molecule has 3 N–H and O–H groups in total. The van der Waals surface area contributed by atoms with Gasteiger partial charge in [-0.3, -0.25) is 19.7 Å². The molecule has 0 aliphatic heterocycles. The number of aromatic nitrogens is 5. The number of pyridine rings is 2. The Bertz CT molecular complexity index is 929. The van der Waals surface area contributed by atoms with Crippen LogP contribution in [0.5, 0.6) is 0 Å². The van der Waals surface area contributed by atoms with Gasteiger partial charge >= 0.3 is 0 Å². The first kappa shape index (κ1) is 15.6. The fraction of sp³-hybridized carbons (Fsp3) is 0.188. The maximum atomic E-state index is 12.2. The number of aromatic amines is 2. The molecule has 0 saturated carbocycles. The second-order valence-corrected chi connectivity index (χ2v) is 5.34. The summed E-state index contributed by atoms with van der Waals surface area (Å²) >= 11 is 0. The third kappa shape index (κ3) is 3.22. The van der Waals surface area contributed by atoms with Crippen molar-refractivity contribution in [3.05, 3.63) is 63.6 Å². The lowest BCUT2D eigenvalue weighted by Gasteiger charge is -2.05. The van der Waals surface area contributed by atoms with E-state index in [0.717, 1.165) is 16.8 Å². The number of carbonyl (C=O) groups is 1. The van der Waals surface area contributed by atoms with E-state index in [9.17, 15) is 9.59 Å². The van der Waals surface area contributed by atoms with Crippen molar-refractivity contribution in [2.75, 3.05) is 0 Å². The van der Waals surface area contributed by atoms with Crippen molar-refractivity contribution in [1.82, 2.24) is 30.5 Å². The van der Waals surface area contributed by atoms with Crippen LogP contribution in [0.25, 0.3) is 11.4 Å². The van der Waals surface area contributed by atoms with Crippen LogP contribution in [0.4, 0.5) is 0 Å². The van der Waals surface area contributed by atoms with Crippen LogP contribution < -0.4 is 10.9 Å². The summed E-state index contributed by atoms with van der Waals surface area (Å²) in [6.07, 6.45) is 3.30. The Hall–Kier alpha value is -3.29. The normalized spacial score (nSPS) is 10.6. The topological polar surface area (TPSA) is 116 Å². The summed E-state index contributed by atoms with van der Waals surface area (Å²) in [6.45, 7) is 3.76. The molecule has 8 nitrogen and oxygen atoms in total. The van der Waals surface area contributed by atoms with Gasteiger partial charge in [-0.05, 0) is 37.6 Å². The number of hydrogen-bond acceptors (Lipinski definition) is 5. The molecule has 0 bridgehead atoms. The summed E-state index contributed by atoms with van der Waals surface area (Å²) in [6, 6.07) is 5.16. The van der Waals surface area contributed by atoms with Gasteiger partial charge in [0.15, 0.2) is 5.82 Å². The quantitative estimate of drug-likeness (QED) is 0.664. The number of rotatable bonds is 4. The van der Waals surface area contributed by atoms with E-state index in [0.29, 0.717) is 11.6 Å². The number of carbonyl (C=O) groups excluding carboxylic acids is 1. The average molecular weight is 324 g/mol. The highest BCUT2D eigenvalue weighted by molar-refractivity contribution is 5.93. The molecule has 0 aromatic carbocycles. The summed E-state index contributed by atoms with van der Waals surface area (Å²) in [7, 11) is 0. The Balaban J connectivity index is 1.70. The minimum atomic E-state index is -0.457. The second kappa shape index (κ2) is 6.45. The van der Waals surface area contributed by atoms with E-state index in [-0.39, 0.29) is 12.1 Å². The average Bonchev–Trinajstić information content (AvgIpc) is 3.06. The summed E-state index contributed by atoms with van der Waals surface area (Å²) in [5, 5.41) is 9.52. The molecule has 0 atom stereocenters. The molecule has 0 aliphatic rings. The van der Waals surface area contributed by atoms with E-state index in [1.54, 1.807) is 37.5 Å². The van der Waals surface area contributed by atoms with Crippen molar-refractivity contribution in [2.45, 2.75) is 20.4 Å². The molecule has 0 radical (unpaired) electrons. The van der Waals surface area contributed by atoms with Crippen molar-refractivity contribution in [1.29, 1.82) is 0 Å². The van der Waals surface area contributed by atoms with Gasteiger partial charge in [0.2, 0.25) is 0 Å². The van der Waals surface area contributed by atoms with Crippen LogP contribution in [0.1, 0.15) is 27.4 Å². The smallest absolute Gasteiger partial charge is 0.261 e. The van der Waals surface area contributed by atoms with Crippen molar-refractivity contribution >= 4 is 5.91 Å². The maximum Gasteiger partial charge on any atom is 0.261 e. The molecule has 3 aromatic rings. The SMILES string of the molecule is Cc1cc(C(=O)NCc2nc(-c3ccncc3)n[nH]2)c(=O)[nH]c1C. The van der Waals surface area contributed by atoms with E-state index in [4.69, 9.17) is 0 Å². The highest BCUT2D eigenvalue weighted by Gasteiger charge is 2.13. The Morgan fingerprint density at radius 2 is 2.00 bits per heavy atom. The molecule has 3 heterocycles. The molecule has 1 amide bonds. The van der Waals surface area contributed by atoms with Gasteiger partial charge < -0.3 is 10.3 Å². The van der Waals surface area contributed by atoms with Crippen LogP contribution in [0, 0.1) is 13.8 Å². The van der Waals surface area contributed by atoms with E-state index in [1.807, 2.05) is 6.92 Å². The van der Waals surface area contributed by atoms with E-state index in [1.165, 1.54) is 0 Å². The van der Waals surface area contributed by atoms with Crippen LogP contribution in [0.3, 0.4) is 0 Å². The van der Waals surface area contributed by atoms with Crippen molar-refractivity contribution in [3.8, 4) is 11.4 Å². The Morgan fingerprint density at radius 3 is 2.75 bits per heavy atom. The lowest BCUT2D eigenvalue weighted by atomic mass is 10.1. The summed E-state index contributed by atoms with van der Waals surface area (Å²) in [5.41, 5.74) is 2.08. The van der Waals surface area contributed by atoms with Crippen LogP contribution in [-0.4, -0.2) is 31.1 Å². The largest absolute Gasteiger partial charge is 0.345 e. The highest BCUT2D eigenvalue weighted by atomic mass is 16.2. The first-order valence-corrected chi connectivity index (χ1v) is 7.35. The molecule has 3 aromatic heterocycles. The van der Waals surface area contributed by atoms with Gasteiger partial charge in [-0.25, -0.2) is 4.98 Å². The van der Waals surface area contributed by atoms with E-state index in [2.05, 4.69) is 30.5 Å². The zero-order valence-corrected chi connectivity index (χ0v) is 13.3. The van der Waals surface area contributed by atoms with E-state index >= 15 is 0 Å². The lowest BCUT2D eigenvalue weighted by Crippen LogP contribution is -2.30. The van der Waals surface area contributed by atoms with Crippen molar-refractivity contribution in [3.63, 3.8) is 0 Å². The van der Waals surface area contributed by atoms with Gasteiger partial charge in [-0.1, -0.05) is 0 Å². The van der Waals surface area contributed by atoms with Gasteiger partial charge in [0.05, 0.1) is 6.54 Å². The zero-order chi connectivity index (χ0) is 17.1. The molecule has 0 fully saturated rings. The van der Waals surface area contributed by atoms with Gasteiger partial charge in [-0.2, -0.15) is 5.10 Å². The highest BCUT2D eigenvalue weighted by Crippen LogP contribution is 2.12. The summed E-state index contributed by atoms with van der Waals surface area (Å²) in [5.74, 6) is 0.558. The number of nitrogens with one attached hydrogen (secondary N) is 3. The number of hydrogen-bond donors (Lipinski definition) is 3. The first-order valence-electron chi connectivity index (χ1n) is 7.35. The molecule has 3 rings (SSSR count). The van der Waals surface area contributed by atoms with Crippen molar-refractivity contribution < 1.29 is 4.79 Å². The van der Waals surface area contributed by atoms with E-state index < -0.39 is 11.5 Å². The molecule has 0 saturated heterocycles. The Morgan fingerprint density at radius 1 is 1.25 bits per heavy atom. The predicted octanol–water partition coefficient (Wildman–Crippen LogP) is 1.10. The Kier molecular flexibility index (Phi) is 4.19. The number of amides is 1. The number of nitrogens with zero attached hydrogens (tertiary/aromatic N) is 3. The third-order valence-corrected chi connectivity index (χ3v) is 3.63. The molecule has 122 valence electrons. The molecule has 8 heteroatoms. The van der Waals surface area contributed by atoms with Crippen LogP contribution in [-0.2, 0) is 6.54 Å². The van der Waals surface area contributed by atoms with Crippen LogP contribution in [0.2, 0.25) is 0 Å².